The minimum Gasteiger partial charge on any atom is -0.462 e. The number of nitrogens with zero attached hydrogens (tertiary/aromatic N) is 4. The predicted octanol–water partition coefficient (Wildman–Crippen LogP) is 5.60. The van der Waals surface area contributed by atoms with Gasteiger partial charge in [-0.2, -0.15) is 4.68 Å². The summed E-state index contributed by atoms with van der Waals surface area (Å²) in [5.74, 6) is -0.669. The Morgan fingerprint density at radius 1 is 1.08 bits per heavy atom. The zero-order valence-electron chi connectivity index (χ0n) is 20.5. The van der Waals surface area contributed by atoms with Crippen molar-refractivity contribution in [1.29, 1.82) is 0 Å². The number of anilines is 1. The van der Waals surface area contributed by atoms with E-state index in [1.54, 1.807) is 11.6 Å². The lowest BCUT2D eigenvalue weighted by molar-refractivity contribution is -0.113. The van der Waals surface area contributed by atoms with Gasteiger partial charge in [-0.1, -0.05) is 75.0 Å². The number of ether oxygens (including phenoxy) is 1. The fraction of sp³-hybridized carbons (Fsp3) is 0.269. The number of hydrogen-bond acceptors (Lipinski definition) is 8. The van der Waals surface area contributed by atoms with E-state index in [1.165, 1.54) is 28.7 Å². The summed E-state index contributed by atoms with van der Waals surface area (Å²) in [6.45, 7) is 8.46. The van der Waals surface area contributed by atoms with Crippen LogP contribution in [-0.2, 0) is 14.9 Å². The monoisotopic (exact) mass is 521 g/mol. The number of carbonyl (C=O) groups is 2. The largest absolute Gasteiger partial charge is 0.462 e. The maximum absolute atomic E-state index is 12.9. The van der Waals surface area contributed by atoms with Gasteiger partial charge >= 0.3 is 5.97 Å². The average molecular weight is 522 g/mol. The molecular weight excluding hydrogens is 494 g/mol. The Morgan fingerprint density at radius 3 is 2.47 bits per heavy atom. The number of nitrogens with one attached hydrogen (secondary N) is 1. The third-order valence-corrected chi connectivity index (χ3v) is 7.17. The molecule has 2 heterocycles. The van der Waals surface area contributed by atoms with Crippen LogP contribution in [0, 0.1) is 0 Å². The molecule has 2 aromatic heterocycles. The van der Waals surface area contributed by atoms with Crippen LogP contribution in [0.25, 0.3) is 16.8 Å². The number of thioether (sulfide) groups is 1. The maximum Gasteiger partial charge on any atom is 0.341 e. The van der Waals surface area contributed by atoms with Crippen molar-refractivity contribution in [1.82, 2.24) is 20.2 Å². The van der Waals surface area contributed by atoms with Gasteiger partial charge in [-0.25, -0.2) is 4.79 Å². The smallest absolute Gasteiger partial charge is 0.341 e. The first-order valence-corrected chi connectivity index (χ1v) is 13.3. The number of thiophene rings is 1. The van der Waals surface area contributed by atoms with Gasteiger partial charge in [0.15, 0.2) is 0 Å². The van der Waals surface area contributed by atoms with Crippen LogP contribution in [0.3, 0.4) is 0 Å². The van der Waals surface area contributed by atoms with Crippen molar-refractivity contribution in [3.8, 4) is 16.8 Å². The molecule has 0 fully saturated rings. The van der Waals surface area contributed by atoms with Gasteiger partial charge in [0, 0.05) is 10.9 Å². The van der Waals surface area contributed by atoms with Crippen molar-refractivity contribution in [2.24, 2.45) is 0 Å². The Morgan fingerprint density at radius 2 is 1.81 bits per heavy atom. The van der Waals surface area contributed by atoms with Gasteiger partial charge in [-0.05, 0) is 46.0 Å². The molecule has 36 heavy (non-hydrogen) atoms. The molecule has 186 valence electrons. The van der Waals surface area contributed by atoms with Crippen molar-refractivity contribution >= 4 is 40.0 Å². The highest BCUT2D eigenvalue weighted by Crippen LogP contribution is 2.37. The lowest BCUT2D eigenvalue weighted by Crippen LogP contribution is -2.17. The van der Waals surface area contributed by atoms with Gasteiger partial charge < -0.3 is 10.1 Å². The van der Waals surface area contributed by atoms with E-state index < -0.39 is 5.97 Å². The molecule has 0 aliphatic carbocycles. The number of tetrazole rings is 1. The Kier molecular flexibility index (Phi) is 7.85. The number of rotatable bonds is 8. The summed E-state index contributed by atoms with van der Waals surface area (Å²) < 4.78 is 6.89. The fourth-order valence-corrected chi connectivity index (χ4v) is 5.18. The minimum atomic E-state index is -0.468. The van der Waals surface area contributed by atoms with E-state index in [0.29, 0.717) is 15.7 Å². The van der Waals surface area contributed by atoms with E-state index in [0.717, 1.165) is 16.8 Å². The van der Waals surface area contributed by atoms with Crippen LogP contribution < -0.4 is 5.32 Å². The molecule has 0 spiro atoms. The highest BCUT2D eigenvalue weighted by Gasteiger charge is 2.24. The summed E-state index contributed by atoms with van der Waals surface area (Å²) in [5.41, 5.74) is 4.00. The van der Waals surface area contributed by atoms with Crippen LogP contribution in [0.2, 0.25) is 0 Å². The van der Waals surface area contributed by atoms with Crippen molar-refractivity contribution in [3.63, 3.8) is 0 Å². The fourth-order valence-electron chi connectivity index (χ4n) is 3.51. The Bertz CT molecular complexity index is 1340. The van der Waals surface area contributed by atoms with Crippen molar-refractivity contribution in [3.05, 3.63) is 71.1 Å². The zero-order chi connectivity index (χ0) is 25.7. The minimum absolute atomic E-state index is 0.0220. The number of amides is 1. The zero-order valence-corrected chi connectivity index (χ0v) is 22.2. The number of benzene rings is 2. The molecule has 0 bridgehead atoms. The molecule has 1 N–H and O–H groups in total. The molecule has 0 radical (unpaired) electrons. The van der Waals surface area contributed by atoms with Gasteiger partial charge in [0.1, 0.15) is 10.6 Å². The molecule has 4 rings (SSSR count). The van der Waals surface area contributed by atoms with Crippen LogP contribution in [-0.4, -0.2) is 44.4 Å². The number of aromatic nitrogens is 4. The lowest BCUT2D eigenvalue weighted by atomic mass is 9.86. The highest BCUT2D eigenvalue weighted by molar-refractivity contribution is 7.99. The highest BCUT2D eigenvalue weighted by atomic mass is 32.2. The maximum atomic E-state index is 12.9. The molecule has 2 aromatic carbocycles. The molecule has 0 atom stereocenters. The summed E-state index contributed by atoms with van der Waals surface area (Å²) in [6.07, 6.45) is 0. The van der Waals surface area contributed by atoms with Crippen LogP contribution >= 0.6 is 23.1 Å². The van der Waals surface area contributed by atoms with E-state index in [-0.39, 0.29) is 23.7 Å². The average Bonchev–Trinajstić information content (AvgIpc) is 3.50. The number of para-hydroxylation sites is 1. The van der Waals surface area contributed by atoms with Gasteiger partial charge in [0.05, 0.1) is 18.0 Å². The molecule has 1 amide bonds. The molecule has 4 aromatic rings. The second-order valence-corrected chi connectivity index (χ2v) is 10.8. The van der Waals surface area contributed by atoms with E-state index in [2.05, 4.69) is 53.7 Å². The van der Waals surface area contributed by atoms with Gasteiger partial charge in [0.25, 0.3) is 0 Å². The van der Waals surface area contributed by atoms with Gasteiger partial charge in [-0.15, -0.1) is 16.4 Å². The first kappa shape index (κ1) is 25.6. The summed E-state index contributed by atoms with van der Waals surface area (Å²) in [5, 5.41) is 17.5. The summed E-state index contributed by atoms with van der Waals surface area (Å²) in [7, 11) is 0. The van der Waals surface area contributed by atoms with Crippen LogP contribution in [0.5, 0.6) is 0 Å². The van der Waals surface area contributed by atoms with Crippen molar-refractivity contribution in [2.75, 3.05) is 17.7 Å². The SMILES string of the molecule is CCOC(=O)c1c(-c2ccc(C(C)(C)C)cc2)csc1NC(=O)CSc1nnnn1-c1ccccc1. The normalized spacial score (nSPS) is 11.3. The molecule has 10 heteroatoms. The van der Waals surface area contributed by atoms with Gasteiger partial charge in [0.2, 0.25) is 11.1 Å². The molecule has 0 saturated heterocycles. The quantitative estimate of drug-likeness (QED) is 0.238. The molecule has 0 unspecified atom stereocenters. The summed E-state index contributed by atoms with van der Waals surface area (Å²) >= 11 is 2.51. The van der Waals surface area contributed by atoms with Crippen LogP contribution in [0.4, 0.5) is 5.00 Å². The topological polar surface area (TPSA) is 99.0 Å². The Balaban J connectivity index is 1.52. The Hall–Kier alpha value is -3.50. The first-order valence-electron chi connectivity index (χ1n) is 11.4. The number of carbonyl (C=O) groups excluding carboxylic acids is 2. The van der Waals surface area contributed by atoms with E-state index in [1.807, 2.05) is 47.8 Å². The van der Waals surface area contributed by atoms with Crippen molar-refractivity contribution < 1.29 is 14.3 Å². The molecule has 0 saturated carbocycles. The summed E-state index contributed by atoms with van der Waals surface area (Å²) in [6, 6.07) is 17.6. The van der Waals surface area contributed by atoms with Crippen molar-refractivity contribution in [2.45, 2.75) is 38.3 Å². The standard InChI is InChI=1S/C26H27N5O3S2/c1-5-34-24(33)22-20(17-11-13-18(14-12-17)26(2,3)4)15-35-23(22)27-21(32)16-36-25-28-29-30-31(25)19-9-7-6-8-10-19/h6-15H,5,16H2,1-4H3,(H,27,32). The summed E-state index contributed by atoms with van der Waals surface area (Å²) in [4.78, 5) is 25.7. The Labute approximate surface area is 218 Å². The second-order valence-electron chi connectivity index (χ2n) is 8.95. The molecule has 0 aliphatic rings. The lowest BCUT2D eigenvalue weighted by Gasteiger charge is -2.19. The number of hydrogen-bond donors (Lipinski definition) is 1. The second kappa shape index (κ2) is 11.0. The predicted molar refractivity (Wildman–Crippen MR) is 143 cm³/mol. The first-order chi connectivity index (χ1) is 17.3. The number of esters is 1. The molecular formula is C26H27N5O3S2. The molecule has 8 nitrogen and oxygen atoms in total. The van der Waals surface area contributed by atoms with Crippen LogP contribution in [0.15, 0.2) is 65.1 Å². The van der Waals surface area contributed by atoms with Crippen LogP contribution in [0.1, 0.15) is 43.6 Å². The van der Waals surface area contributed by atoms with E-state index in [9.17, 15) is 9.59 Å². The van der Waals surface area contributed by atoms with E-state index in [4.69, 9.17) is 4.74 Å². The third kappa shape index (κ3) is 5.83. The van der Waals surface area contributed by atoms with E-state index >= 15 is 0 Å². The van der Waals surface area contributed by atoms with Gasteiger partial charge in [-0.3, -0.25) is 4.79 Å². The molecule has 0 aliphatic heterocycles. The third-order valence-electron chi connectivity index (χ3n) is 5.36.